The molecule has 0 aromatic carbocycles. The molecule has 0 amide bonds. The van der Waals surface area contributed by atoms with Gasteiger partial charge >= 0.3 is 0 Å². The van der Waals surface area contributed by atoms with Crippen molar-refractivity contribution < 1.29 is 0 Å². The minimum Gasteiger partial charge on any atom is -0.0940 e. The number of hydrogen-bond donors (Lipinski definition) is 0. The van der Waals surface area contributed by atoms with Crippen LogP contribution in [0, 0.1) is 0 Å². The third-order valence-corrected chi connectivity index (χ3v) is 2.67. The van der Waals surface area contributed by atoms with E-state index in [4.69, 9.17) is 5.53 Å². The lowest BCUT2D eigenvalue weighted by Crippen LogP contribution is -1.98. The highest BCUT2D eigenvalue weighted by Crippen LogP contribution is 1.96. The average Bonchev–Trinajstić information content (AvgIpc) is 1.80. The van der Waals surface area contributed by atoms with Crippen molar-refractivity contribution in [1.29, 1.82) is 0 Å². The Morgan fingerprint density at radius 2 is 2.22 bits per heavy atom. The molecular formula is C5H13N3Si. The van der Waals surface area contributed by atoms with Gasteiger partial charge in [0.15, 0.2) is 0 Å². The first kappa shape index (κ1) is 8.53. The van der Waals surface area contributed by atoms with Crippen LogP contribution in [0.5, 0.6) is 0 Å². The highest BCUT2D eigenvalue weighted by Gasteiger charge is 1.92. The van der Waals surface area contributed by atoms with E-state index in [-0.39, 0.29) is 0 Å². The summed E-state index contributed by atoms with van der Waals surface area (Å²) in [7, 11) is -0.396. The Labute approximate surface area is 57.3 Å². The summed E-state index contributed by atoms with van der Waals surface area (Å²) < 4.78 is 0. The molecule has 0 fully saturated rings. The molecule has 0 atom stereocenters. The van der Waals surface area contributed by atoms with Gasteiger partial charge in [-0.25, -0.2) is 0 Å². The van der Waals surface area contributed by atoms with Crippen molar-refractivity contribution in [3.8, 4) is 0 Å². The van der Waals surface area contributed by atoms with Crippen molar-refractivity contribution >= 4 is 8.80 Å². The van der Waals surface area contributed by atoms with Crippen LogP contribution < -0.4 is 0 Å². The van der Waals surface area contributed by atoms with E-state index in [0.29, 0.717) is 6.54 Å². The Bertz CT molecular complexity index is 107. The first-order chi connectivity index (χ1) is 4.27. The van der Waals surface area contributed by atoms with Gasteiger partial charge in [0.1, 0.15) is 0 Å². The molecule has 0 saturated carbocycles. The Morgan fingerprint density at radius 3 is 2.67 bits per heavy atom. The monoisotopic (exact) mass is 143 g/mol. The standard InChI is InChI=1S/C5H13N3Si/c1-9(2)5-3-4-7-8-6/h9H,3-5H2,1-2H3. The van der Waals surface area contributed by atoms with Crippen LogP contribution in [-0.2, 0) is 0 Å². The lowest BCUT2D eigenvalue weighted by molar-refractivity contribution is 0.910. The zero-order valence-corrected chi connectivity index (χ0v) is 7.20. The first-order valence-electron chi connectivity index (χ1n) is 3.28. The third-order valence-electron chi connectivity index (χ3n) is 1.10. The number of nitrogens with zero attached hydrogens (tertiary/aromatic N) is 3. The largest absolute Gasteiger partial charge is 0.0940 e. The van der Waals surface area contributed by atoms with E-state index in [1.807, 2.05) is 0 Å². The zero-order valence-electron chi connectivity index (χ0n) is 6.04. The van der Waals surface area contributed by atoms with Crippen molar-refractivity contribution in [2.45, 2.75) is 25.6 Å². The molecule has 0 N–H and O–H groups in total. The third kappa shape index (κ3) is 7.53. The van der Waals surface area contributed by atoms with E-state index in [1.54, 1.807) is 0 Å². The van der Waals surface area contributed by atoms with Gasteiger partial charge in [-0.2, -0.15) is 0 Å². The summed E-state index contributed by atoms with van der Waals surface area (Å²) in [5.74, 6) is 0. The molecular weight excluding hydrogens is 130 g/mol. The lowest BCUT2D eigenvalue weighted by Gasteiger charge is -1.97. The maximum absolute atomic E-state index is 7.90. The van der Waals surface area contributed by atoms with Gasteiger partial charge in [-0.1, -0.05) is 30.7 Å². The maximum atomic E-state index is 7.90. The number of hydrogen-bond acceptors (Lipinski definition) is 1. The number of azide groups is 1. The fraction of sp³-hybridized carbons (Fsp3) is 1.00. The molecule has 0 aliphatic carbocycles. The molecule has 4 heteroatoms. The minimum atomic E-state index is -0.396. The summed E-state index contributed by atoms with van der Waals surface area (Å²) in [4.78, 5) is 2.67. The van der Waals surface area contributed by atoms with Crippen LogP contribution in [0.15, 0.2) is 5.11 Å². The van der Waals surface area contributed by atoms with Crippen LogP contribution in [0.2, 0.25) is 19.1 Å². The molecule has 0 rings (SSSR count). The summed E-state index contributed by atoms with van der Waals surface area (Å²) in [6.07, 6.45) is 1.08. The summed E-state index contributed by atoms with van der Waals surface area (Å²) in [5, 5.41) is 3.45. The quantitative estimate of drug-likeness (QED) is 0.190. The highest BCUT2D eigenvalue weighted by atomic mass is 28.3. The van der Waals surface area contributed by atoms with Crippen LogP contribution >= 0.6 is 0 Å². The molecule has 0 aromatic rings. The van der Waals surface area contributed by atoms with Gasteiger partial charge in [0.2, 0.25) is 0 Å². The van der Waals surface area contributed by atoms with Gasteiger partial charge in [-0.05, 0) is 5.53 Å². The molecule has 0 aliphatic heterocycles. The SMILES string of the molecule is C[SiH](C)CCCN=[N+]=[N-]. The summed E-state index contributed by atoms with van der Waals surface area (Å²) in [6, 6.07) is 1.29. The van der Waals surface area contributed by atoms with Crippen LogP contribution in [0.4, 0.5) is 0 Å². The van der Waals surface area contributed by atoms with E-state index in [1.165, 1.54) is 6.04 Å². The van der Waals surface area contributed by atoms with Crippen molar-refractivity contribution in [1.82, 2.24) is 0 Å². The van der Waals surface area contributed by atoms with E-state index < -0.39 is 8.80 Å². The van der Waals surface area contributed by atoms with Crippen molar-refractivity contribution in [3.63, 3.8) is 0 Å². The highest BCUT2D eigenvalue weighted by molar-refractivity contribution is 6.55. The molecule has 0 aliphatic rings. The van der Waals surface area contributed by atoms with Crippen molar-refractivity contribution in [3.05, 3.63) is 10.4 Å². The molecule has 0 saturated heterocycles. The molecule has 3 nitrogen and oxygen atoms in total. The first-order valence-corrected chi connectivity index (χ1v) is 6.41. The summed E-state index contributed by atoms with van der Waals surface area (Å²) in [6.45, 7) is 5.29. The van der Waals surface area contributed by atoms with E-state index in [2.05, 4.69) is 23.1 Å². The topological polar surface area (TPSA) is 48.8 Å². The minimum absolute atomic E-state index is 0.396. The van der Waals surface area contributed by atoms with E-state index in [9.17, 15) is 0 Å². The molecule has 0 unspecified atom stereocenters. The van der Waals surface area contributed by atoms with Crippen molar-refractivity contribution in [2.24, 2.45) is 5.11 Å². The van der Waals surface area contributed by atoms with Crippen LogP contribution in [0.1, 0.15) is 6.42 Å². The average molecular weight is 143 g/mol. The Kier molecular flexibility index (Phi) is 5.36. The van der Waals surface area contributed by atoms with Crippen LogP contribution in [0.25, 0.3) is 10.4 Å². The molecule has 52 valence electrons. The van der Waals surface area contributed by atoms with Crippen molar-refractivity contribution in [2.75, 3.05) is 6.54 Å². The summed E-state index contributed by atoms with van der Waals surface area (Å²) in [5.41, 5.74) is 7.90. The Hall–Kier alpha value is -0.473. The molecule has 0 spiro atoms. The normalized spacial score (nSPS) is 9.22. The van der Waals surface area contributed by atoms with Crippen LogP contribution in [-0.4, -0.2) is 15.3 Å². The van der Waals surface area contributed by atoms with E-state index >= 15 is 0 Å². The predicted molar refractivity (Wildman–Crippen MR) is 42.3 cm³/mol. The molecule has 0 heterocycles. The van der Waals surface area contributed by atoms with E-state index in [0.717, 1.165) is 6.42 Å². The lowest BCUT2D eigenvalue weighted by atomic mass is 10.5. The molecule has 9 heavy (non-hydrogen) atoms. The van der Waals surface area contributed by atoms with Crippen LogP contribution in [0.3, 0.4) is 0 Å². The molecule has 0 radical (unpaired) electrons. The second-order valence-electron chi connectivity index (χ2n) is 2.49. The summed E-state index contributed by atoms with van der Waals surface area (Å²) >= 11 is 0. The van der Waals surface area contributed by atoms with Gasteiger partial charge < -0.3 is 0 Å². The Balaban J connectivity index is 3.00. The molecule has 0 aromatic heterocycles. The molecule has 0 bridgehead atoms. The fourth-order valence-corrected chi connectivity index (χ4v) is 1.61. The fourth-order valence-electron chi connectivity index (χ4n) is 0.615. The second-order valence-corrected chi connectivity index (χ2v) is 5.86. The smallest absolute Gasteiger partial charge is 0.0305 e. The second kappa shape index (κ2) is 5.66. The Morgan fingerprint density at radius 1 is 1.56 bits per heavy atom. The van der Waals surface area contributed by atoms with Gasteiger partial charge in [-0.3, -0.25) is 0 Å². The predicted octanol–water partition coefficient (Wildman–Crippen LogP) is 2.17. The maximum Gasteiger partial charge on any atom is 0.0305 e. The van der Waals surface area contributed by atoms with Gasteiger partial charge in [-0.15, -0.1) is 0 Å². The van der Waals surface area contributed by atoms with Gasteiger partial charge in [0.05, 0.1) is 0 Å². The van der Waals surface area contributed by atoms with Gasteiger partial charge in [0, 0.05) is 20.3 Å². The number of rotatable bonds is 4. The van der Waals surface area contributed by atoms with Gasteiger partial charge in [0.25, 0.3) is 0 Å². The zero-order chi connectivity index (χ0) is 7.11.